The first-order chi connectivity index (χ1) is 19.5. The third kappa shape index (κ3) is 3.95. The minimum Gasteiger partial charge on any atom is -0.497 e. The van der Waals surface area contributed by atoms with E-state index in [-0.39, 0.29) is 47.8 Å². The maximum absolute atomic E-state index is 13.6. The summed E-state index contributed by atoms with van der Waals surface area (Å²) in [6.07, 6.45) is -0.145. The van der Waals surface area contributed by atoms with E-state index in [4.69, 9.17) is 14.2 Å². The fourth-order valence-corrected chi connectivity index (χ4v) is 7.73. The number of thioether (sulfide) groups is 1. The molecule has 9 heteroatoms. The second-order valence-electron chi connectivity index (χ2n) is 10.2. The van der Waals surface area contributed by atoms with E-state index in [1.807, 2.05) is 60.7 Å². The van der Waals surface area contributed by atoms with Crippen LogP contribution in [0, 0.1) is 0 Å². The van der Waals surface area contributed by atoms with Crippen LogP contribution in [0.1, 0.15) is 22.6 Å². The molecule has 202 valence electrons. The molecule has 0 unspecified atom stereocenters. The second kappa shape index (κ2) is 9.75. The van der Waals surface area contributed by atoms with Crippen molar-refractivity contribution >= 4 is 29.5 Å². The molecule has 2 fully saturated rings. The summed E-state index contributed by atoms with van der Waals surface area (Å²) >= 11 is 1.60. The predicted molar refractivity (Wildman–Crippen MR) is 148 cm³/mol. The van der Waals surface area contributed by atoms with Gasteiger partial charge >= 0.3 is 5.97 Å². The van der Waals surface area contributed by atoms with Crippen molar-refractivity contribution in [3.63, 3.8) is 0 Å². The average molecular weight is 555 g/mol. The van der Waals surface area contributed by atoms with Gasteiger partial charge in [0.15, 0.2) is 0 Å². The third-order valence-corrected chi connectivity index (χ3v) is 9.49. The molecule has 1 saturated carbocycles. The molecule has 4 aliphatic rings. The molecule has 2 amide bonds. The van der Waals surface area contributed by atoms with Gasteiger partial charge in [0.05, 0.1) is 13.5 Å². The zero-order valence-corrected chi connectivity index (χ0v) is 22.4. The van der Waals surface area contributed by atoms with Gasteiger partial charge in [-0.1, -0.05) is 60.7 Å². The Morgan fingerprint density at radius 2 is 1.73 bits per heavy atom. The van der Waals surface area contributed by atoms with Crippen molar-refractivity contribution in [3.05, 3.63) is 107 Å². The number of carbonyl (C=O) groups is 3. The van der Waals surface area contributed by atoms with E-state index in [2.05, 4.69) is 11.4 Å². The van der Waals surface area contributed by atoms with E-state index in [1.54, 1.807) is 31.0 Å². The smallest absolute Gasteiger partial charge is 0.355 e. The minimum atomic E-state index is -0.719. The summed E-state index contributed by atoms with van der Waals surface area (Å²) in [4.78, 5) is 41.4. The lowest BCUT2D eigenvalue weighted by Gasteiger charge is -2.57. The lowest BCUT2D eigenvalue weighted by molar-refractivity contribution is -0.154. The largest absolute Gasteiger partial charge is 0.497 e. The first-order valence-electron chi connectivity index (χ1n) is 13.1. The van der Waals surface area contributed by atoms with Crippen LogP contribution in [0.15, 0.2) is 90.1 Å². The first-order valence-corrected chi connectivity index (χ1v) is 14.1. The van der Waals surface area contributed by atoms with Gasteiger partial charge < -0.3 is 19.5 Å². The van der Waals surface area contributed by atoms with Crippen molar-refractivity contribution in [1.82, 2.24) is 10.2 Å². The van der Waals surface area contributed by atoms with Crippen LogP contribution in [-0.2, 0) is 32.1 Å². The Balaban J connectivity index is 1.15. The molecule has 3 aliphatic heterocycles. The van der Waals surface area contributed by atoms with Gasteiger partial charge in [0, 0.05) is 22.3 Å². The van der Waals surface area contributed by atoms with E-state index in [1.165, 1.54) is 4.90 Å². The summed E-state index contributed by atoms with van der Waals surface area (Å²) in [6, 6.07) is 23.8. The van der Waals surface area contributed by atoms with E-state index >= 15 is 0 Å². The van der Waals surface area contributed by atoms with Crippen molar-refractivity contribution in [2.75, 3.05) is 7.11 Å². The minimum absolute atomic E-state index is 0.0521. The zero-order valence-electron chi connectivity index (χ0n) is 21.6. The van der Waals surface area contributed by atoms with Gasteiger partial charge in [-0.25, -0.2) is 4.79 Å². The number of esters is 1. The SMILES string of the molecule is COc1ccc(COC(=O)C2=C3[C@H]4Oc5ccccc5[C@H]4[C@@H]3S[C@@H]3[C@H](NC(=O)Cc4ccccc4)C(=O)N23)cc1. The topological polar surface area (TPSA) is 94.2 Å². The molecule has 1 aliphatic carbocycles. The van der Waals surface area contributed by atoms with Crippen molar-refractivity contribution in [2.45, 2.75) is 41.7 Å². The molecule has 0 spiro atoms. The fraction of sp³-hybridized carbons (Fsp3) is 0.258. The number of methoxy groups -OCH3 is 1. The van der Waals surface area contributed by atoms with Gasteiger partial charge in [-0.15, -0.1) is 11.8 Å². The summed E-state index contributed by atoms with van der Waals surface area (Å²) < 4.78 is 17.2. The van der Waals surface area contributed by atoms with Gasteiger partial charge in [0.25, 0.3) is 5.91 Å². The molecular weight excluding hydrogens is 528 g/mol. The maximum Gasteiger partial charge on any atom is 0.355 e. The highest BCUT2D eigenvalue weighted by atomic mass is 32.2. The first kappa shape index (κ1) is 24.8. The third-order valence-electron chi connectivity index (χ3n) is 7.89. The molecule has 7 rings (SSSR count). The summed E-state index contributed by atoms with van der Waals surface area (Å²) in [6.45, 7) is 0.0521. The zero-order chi connectivity index (χ0) is 27.4. The fourth-order valence-electron chi connectivity index (χ4n) is 5.90. The molecular formula is C31H26N2O6S. The number of amides is 2. The van der Waals surface area contributed by atoms with Crippen molar-refractivity contribution in [2.24, 2.45) is 0 Å². The number of rotatable bonds is 7. The number of fused-ring (bicyclic) bond motifs is 7. The standard InChI is InChI=1S/C31H26N2O6S/c1-37-19-13-11-18(12-14-19)16-38-31(36)26-24-27-23(20-9-5-6-10-21(20)39-27)28(24)40-30-25(29(35)33(26)30)32-22(34)15-17-7-3-2-4-8-17/h2-14,23,25,27-28,30H,15-16H2,1H3,(H,32,34)/t23-,25-,27+,28+,30-/m1/s1. The molecule has 1 saturated heterocycles. The molecule has 0 radical (unpaired) electrons. The van der Waals surface area contributed by atoms with E-state index in [0.717, 1.165) is 28.0 Å². The molecule has 0 bridgehead atoms. The van der Waals surface area contributed by atoms with Gasteiger partial charge in [-0.05, 0) is 29.3 Å². The van der Waals surface area contributed by atoms with E-state index in [0.29, 0.717) is 5.75 Å². The molecule has 1 N–H and O–H groups in total. The van der Waals surface area contributed by atoms with Gasteiger partial charge in [0.2, 0.25) is 5.91 Å². The van der Waals surface area contributed by atoms with Gasteiger partial charge in [-0.2, -0.15) is 0 Å². The molecule has 0 aromatic heterocycles. The van der Waals surface area contributed by atoms with Crippen LogP contribution >= 0.6 is 11.8 Å². The highest BCUT2D eigenvalue weighted by Crippen LogP contribution is 2.62. The van der Waals surface area contributed by atoms with Crippen LogP contribution in [0.25, 0.3) is 0 Å². The molecule has 3 aromatic rings. The monoisotopic (exact) mass is 554 g/mol. The van der Waals surface area contributed by atoms with Crippen LogP contribution in [-0.4, -0.2) is 52.6 Å². The number of β-lactam (4-membered cyclic amide) rings is 1. The quantitative estimate of drug-likeness (QED) is 0.353. The Morgan fingerprint density at radius 3 is 2.50 bits per heavy atom. The van der Waals surface area contributed by atoms with E-state index in [9.17, 15) is 14.4 Å². The number of benzene rings is 3. The summed E-state index contributed by atoms with van der Waals surface area (Å²) in [7, 11) is 1.59. The number of para-hydroxylation sites is 1. The lowest BCUT2D eigenvalue weighted by Crippen LogP contribution is -2.73. The van der Waals surface area contributed by atoms with E-state index < -0.39 is 17.4 Å². The Morgan fingerprint density at radius 1 is 0.975 bits per heavy atom. The van der Waals surface area contributed by atoms with Crippen LogP contribution in [0.3, 0.4) is 0 Å². The molecule has 40 heavy (non-hydrogen) atoms. The molecule has 5 atom stereocenters. The predicted octanol–water partition coefficient (Wildman–Crippen LogP) is 3.56. The lowest BCUT2D eigenvalue weighted by atomic mass is 9.72. The number of carbonyl (C=O) groups excluding carboxylic acids is 3. The highest BCUT2D eigenvalue weighted by molar-refractivity contribution is 8.01. The number of nitrogens with one attached hydrogen (secondary N) is 1. The summed E-state index contributed by atoms with van der Waals surface area (Å²) in [5.74, 6) is 0.456. The van der Waals surface area contributed by atoms with Crippen LogP contribution in [0.2, 0.25) is 0 Å². The Kier molecular flexibility index (Phi) is 6.04. The summed E-state index contributed by atoms with van der Waals surface area (Å²) in [5.41, 5.74) is 3.80. The number of hydrogen-bond acceptors (Lipinski definition) is 7. The Hall–Kier alpha value is -4.24. The van der Waals surface area contributed by atoms with Crippen molar-refractivity contribution in [3.8, 4) is 11.5 Å². The van der Waals surface area contributed by atoms with Crippen molar-refractivity contribution < 1.29 is 28.6 Å². The Labute approximate surface area is 235 Å². The van der Waals surface area contributed by atoms with Gasteiger partial charge in [0.1, 0.15) is 41.3 Å². The Bertz CT molecular complexity index is 1540. The highest BCUT2D eigenvalue weighted by Gasteiger charge is 2.65. The molecule has 8 nitrogen and oxygen atoms in total. The number of hydrogen-bond donors (Lipinski definition) is 1. The maximum atomic E-state index is 13.6. The van der Waals surface area contributed by atoms with Crippen LogP contribution in [0.4, 0.5) is 0 Å². The van der Waals surface area contributed by atoms with Crippen molar-refractivity contribution in [1.29, 1.82) is 0 Å². The van der Waals surface area contributed by atoms with Crippen LogP contribution < -0.4 is 14.8 Å². The average Bonchev–Trinajstić information content (AvgIpc) is 3.31. The van der Waals surface area contributed by atoms with Crippen LogP contribution in [0.5, 0.6) is 11.5 Å². The van der Waals surface area contributed by atoms with Gasteiger partial charge in [-0.3, -0.25) is 14.5 Å². The summed E-state index contributed by atoms with van der Waals surface area (Å²) in [5, 5.41) is 2.45. The normalized spacial score (nSPS) is 25.3. The number of ether oxygens (including phenoxy) is 3. The second-order valence-corrected chi connectivity index (χ2v) is 11.5. The number of nitrogens with zero attached hydrogens (tertiary/aromatic N) is 1. The molecule has 3 heterocycles. The molecule has 3 aromatic carbocycles.